The molecule has 0 bridgehead atoms. The number of nitrogens with one attached hydrogen (secondary N) is 3. The van der Waals surface area contributed by atoms with Gasteiger partial charge >= 0.3 is 0 Å². The Morgan fingerprint density at radius 3 is 1.94 bits per heavy atom. The maximum atomic E-state index is 12.5. The van der Waals surface area contributed by atoms with Crippen LogP contribution in [-0.2, 0) is 5.41 Å². The Kier molecular flexibility index (Phi) is 7.45. The average Bonchev–Trinajstić information content (AvgIpc) is 2.79. The summed E-state index contributed by atoms with van der Waals surface area (Å²) in [5, 5.41) is 8.68. The molecule has 0 unspecified atom stereocenters. The van der Waals surface area contributed by atoms with Crippen LogP contribution in [0.1, 0.15) is 47.1 Å². The Morgan fingerprint density at radius 2 is 1.36 bits per heavy atom. The molecule has 3 N–H and O–H groups in total. The average molecular weight is 462 g/mol. The number of para-hydroxylation sites is 1. The number of hydrogen-bond acceptors (Lipinski definition) is 4. The first-order chi connectivity index (χ1) is 15.7. The van der Waals surface area contributed by atoms with Gasteiger partial charge in [0.2, 0.25) is 0 Å². The molecule has 0 atom stereocenters. The molecule has 3 aromatic rings. The van der Waals surface area contributed by atoms with Crippen LogP contribution in [0, 0.1) is 0 Å². The summed E-state index contributed by atoms with van der Waals surface area (Å²) in [4.78, 5) is 25.0. The second-order valence-electron chi connectivity index (χ2n) is 8.47. The van der Waals surface area contributed by atoms with Crippen molar-refractivity contribution in [2.24, 2.45) is 0 Å². The van der Waals surface area contributed by atoms with E-state index in [-0.39, 0.29) is 22.3 Å². The molecule has 0 heterocycles. The van der Waals surface area contributed by atoms with E-state index in [0.29, 0.717) is 28.3 Å². The zero-order valence-corrected chi connectivity index (χ0v) is 19.9. The number of ether oxygens (including phenoxy) is 1. The van der Waals surface area contributed by atoms with Gasteiger partial charge in [-0.05, 0) is 71.7 Å². The number of carbonyl (C=O) groups excluding carboxylic acids is 2. The highest BCUT2D eigenvalue weighted by molar-refractivity contribution is 7.80. The van der Waals surface area contributed by atoms with Gasteiger partial charge in [-0.1, -0.05) is 45.0 Å². The van der Waals surface area contributed by atoms with Gasteiger partial charge in [-0.15, -0.1) is 0 Å². The van der Waals surface area contributed by atoms with E-state index in [4.69, 9.17) is 17.0 Å². The third kappa shape index (κ3) is 6.40. The van der Waals surface area contributed by atoms with Crippen molar-refractivity contribution < 1.29 is 14.3 Å². The van der Waals surface area contributed by atoms with Crippen LogP contribution in [0.2, 0.25) is 0 Å². The van der Waals surface area contributed by atoms with E-state index in [1.54, 1.807) is 60.7 Å². The second kappa shape index (κ2) is 10.3. The van der Waals surface area contributed by atoms with Gasteiger partial charge in [0, 0.05) is 16.9 Å². The van der Waals surface area contributed by atoms with Crippen molar-refractivity contribution in [3.05, 3.63) is 89.5 Å². The lowest BCUT2D eigenvalue weighted by molar-refractivity contribution is 0.0976. The Morgan fingerprint density at radius 1 is 0.788 bits per heavy atom. The number of thiocarbonyl (C=S) groups is 1. The highest BCUT2D eigenvalue weighted by atomic mass is 32.1. The summed E-state index contributed by atoms with van der Waals surface area (Å²) in [6.45, 7) is 6.36. The predicted octanol–water partition coefficient (Wildman–Crippen LogP) is 5.37. The summed E-state index contributed by atoms with van der Waals surface area (Å²) in [6.07, 6.45) is 0. The summed E-state index contributed by atoms with van der Waals surface area (Å²) in [7, 11) is 1.52. The summed E-state index contributed by atoms with van der Waals surface area (Å²) in [6, 6.07) is 21.5. The number of methoxy groups -OCH3 is 1. The number of rotatable bonds is 5. The minimum atomic E-state index is -0.284. The van der Waals surface area contributed by atoms with Crippen LogP contribution < -0.4 is 20.7 Å². The van der Waals surface area contributed by atoms with Crippen LogP contribution in [-0.4, -0.2) is 24.0 Å². The normalized spacial score (nSPS) is 10.8. The van der Waals surface area contributed by atoms with E-state index in [1.807, 2.05) is 12.1 Å². The van der Waals surface area contributed by atoms with E-state index in [1.165, 1.54) is 7.11 Å². The first-order valence-electron chi connectivity index (χ1n) is 10.4. The monoisotopic (exact) mass is 461 g/mol. The quantitative estimate of drug-likeness (QED) is 0.445. The smallest absolute Gasteiger partial charge is 0.259 e. The molecular formula is C26H27N3O3S. The van der Waals surface area contributed by atoms with Gasteiger partial charge in [-0.25, -0.2) is 0 Å². The zero-order chi connectivity index (χ0) is 24.0. The molecule has 3 aromatic carbocycles. The van der Waals surface area contributed by atoms with Crippen molar-refractivity contribution in [1.29, 1.82) is 0 Å². The highest BCUT2D eigenvalue weighted by Gasteiger charge is 2.15. The standard InChI is InChI=1S/C26H27N3O3S/c1-26(2,3)18-11-9-17(10-12-18)23(30)29-25(33)28-20-15-13-19(14-16-20)27-24(31)21-7-5-6-8-22(21)32-4/h5-16H,1-4H3,(H,27,31)(H2,28,29,30,33). The molecule has 0 aliphatic rings. The first kappa shape index (κ1) is 23.9. The van der Waals surface area contributed by atoms with Crippen LogP contribution >= 0.6 is 12.2 Å². The fourth-order valence-electron chi connectivity index (χ4n) is 3.13. The van der Waals surface area contributed by atoms with Crippen LogP contribution in [0.25, 0.3) is 0 Å². The maximum absolute atomic E-state index is 12.5. The molecule has 0 fully saturated rings. The van der Waals surface area contributed by atoms with Crippen LogP contribution in [0.5, 0.6) is 5.75 Å². The molecule has 7 heteroatoms. The molecule has 6 nitrogen and oxygen atoms in total. The molecule has 0 saturated heterocycles. The number of anilines is 2. The lowest BCUT2D eigenvalue weighted by Crippen LogP contribution is -2.34. The largest absolute Gasteiger partial charge is 0.496 e. The SMILES string of the molecule is COc1ccccc1C(=O)Nc1ccc(NC(=S)NC(=O)c2ccc(C(C)(C)C)cc2)cc1. The Bertz CT molecular complexity index is 1150. The van der Waals surface area contributed by atoms with Gasteiger partial charge in [0.1, 0.15) is 5.75 Å². The van der Waals surface area contributed by atoms with Gasteiger partial charge in [0.05, 0.1) is 12.7 Å². The molecule has 0 saturated carbocycles. The summed E-state index contributed by atoms with van der Waals surface area (Å²) in [5.41, 5.74) is 3.44. The Balaban J connectivity index is 1.56. The Labute approximate surface area is 199 Å². The van der Waals surface area contributed by atoms with Gasteiger partial charge in [0.25, 0.3) is 11.8 Å². The summed E-state index contributed by atoms with van der Waals surface area (Å²) < 4.78 is 5.23. The Hall–Kier alpha value is -3.71. The van der Waals surface area contributed by atoms with Gasteiger partial charge in [0.15, 0.2) is 5.11 Å². The molecular weight excluding hydrogens is 434 g/mol. The molecule has 2 amide bonds. The second-order valence-corrected chi connectivity index (χ2v) is 8.88. The third-order valence-electron chi connectivity index (χ3n) is 4.99. The van der Waals surface area contributed by atoms with Crippen LogP contribution in [0.15, 0.2) is 72.8 Å². The molecule has 170 valence electrons. The lowest BCUT2D eigenvalue weighted by Gasteiger charge is -2.19. The van der Waals surface area contributed by atoms with Crippen molar-refractivity contribution in [3.8, 4) is 5.75 Å². The number of benzene rings is 3. The fourth-order valence-corrected chi connectivity index (χ4v) is 3.34. The molecule has 0 aliphatic heterocycles. The van der Waals surface area contributed by atoms with E-state index >= 15 is 0 Å². The molecule has 0 radical (unpaired) electrons. The topological polar surface area (TPSA) is 79.5 Å². The number of amides is 2. The van der Waals surface area contributed by atoms with E-state index in [0.717, 1.165) is 5.56 Å². The van der Waals surface area contributed by atoms with Gasteiger partial charge in [-0.3, -0.25) is 14.9 Å². The molecule has 0 aliphatic carbocycles. The van der Waals surface area contributed by atoms with Gasteiger partial charge in [-0.2, -0.15) is 0 Å². The van der Waals surface area contributed by atoms with Gasteiger partial charge < -0.3 is 15.4 Å². The molecule has 3 rings (SSSR count). The van der Waals surface area contributed by atoms with E-state index in [9.17, 15) is 9.59 Å². The predicted molar refractivity (Wildman–Crippen MR) is 136 cm³/mol. The summed E-state index contributed by atoms with van der Waals surface area (Å²) in [5.74, 6) is -0.0514. The van der Waals surface area contributed by atoms with Crippen LogP contribution in [0.3, 0.4) is 0 Å². The summed E-state index contributed by atoms with van der Waals surface area (Å²) >= 11 is 5.26. The minimum absolute atomic E-state index is 0.0185. The van der Waals surface area contributed by atoms with Crippen molar-refractivity contribution in [3.63, 3.8) is 0 Å². The third-order valence-corrected chi connectivity index (χ3v) is 5.20. The highest BCUT2D eigenvalue weighted by Crippen LogP contribution is 2.22. The first-order valence-corrected chi connectivity index (χ1v) is 10.9. The number of hydrogen-bond donors (Lipinski definition) is 3. The van der Waals surface area contributed by atoms with E-state index < -0.39 is 0 Å². The maximum Gasteiger partial charge on any atom is 0.259 e. The lowest BCUT2D eigenvalue weighted by atomic mass is 9.87. The molecule has 33 heavy (non-hydrogen) atoms. The van der Waals surface area contributed by atoms with Crippen molar-refractivity contribution in [2.45, 2.75) is 26.2 Å². The fraction of sp³-hybridized carbons (Fsp3) is 0.192. The van der Waals surface area contributed by atoms with E-state index in [2.05, 4.69) is 36.7 Å². The zero-order valence-electron chi connectivity index (χ0n) is 19.1. The van der Waals surface area contributed by atoms with Crippen molar-refractivity contribution >= 4 is 40.5 Å². The molecule has 0 aromatic heterocycles. The van der Waals surface area contributed by atoms with Crippen LogP contribution in [0.4, 0.5) is 11.4 Å². The number of carbonyl (C=O) groups is 2. The minimum Gasteiger partial charge on any atom is -0.496 e. The molecule has 0 spiro atoms. The van der Waals surface area contributed by atoms with Crippen molar-refractivity contribution in [2.75, 3.05) is 17.7 Å². The van der Waals surface area contributed by atoms with Crippen molar-refractivity contribution in [1.82, 2.24) is 5.32 Å².